The molecule has 0 radical (unpaired) electrons. The van der Waals surface area contributed by atoms with E-state index in [0.717, 1.165) is 22.6 Å². The molecule has 0 aliphatic rings. The molecule has 0 bridgehead atoms. The van der Waals surface area contributed by atoms with Crippen LogP contribution in [-0.4, -0.2) is 40.5 Å². The van der Waals surface area contributed by atoms with E-state index in [1.165, 1.54) is 10.8 Å². The normalized spacial score (nSPS) is 11.8. The monoisotopic (exact) mass is 468 g/mol. The number of anilines is 1. The molecule has 1 unspecified atom stereocenters. The van der Waals surface area contributed by atoms with Crippen LogP contribution in [0.2, 0.25) is 0 Å². The van der Waals surface area contributed by atoms with E-state index in [0.29, 0.717) is 24.7 Å². The molecule has 1 atom stereocenters. The maximum atomic E-state index is 12.3. The number of hydrogen-bond donors (Lipinski definition) is 1. The fraction of sp³-hybridized carbons (Fsp3) is 0.276. The lowest BCUT2D eigenvalue weighted by atomic mass is 10.0. The van der Waals surface area contributed by atoms with Crippen molar-refractivity contribution in [2.45, 2.75) is 33.7 Å². The van der Waals surface area contributed by atoms with Gasteiger partial charge in [-0.1, -0.05) is 48.5 Å². The summed E-state index contributed by atoms with van der Waals surface area (Å²) < 4.78 is 5.78. The van der Waals surface area contributed by atoms with Gasteiger partial charge in [0, 0.05) is 24.7 Å². The van der Waals surface area contributed by atoms with Crippen LogP contribution in [-0.2, 0) is 4.79 Å². The number of aryl methyl sites for hydroxylation is 1. The first-order chi connectivity index (χ1) is 17.0. The lowest BCUT2D eigenvalue weighted by Crippen LogP contribution is -2.34. The summed E-state index contributed by atoms with van der Waals surface area (Å²) in [5.41, 5.74) is 2.98. The zero-order valence-corrected chi connectivity index (χ0v) is 20.8. The molecule has 6 nitrogen and oxygen atoms in total. The highest BCUT2D eigenvalue weighted by Gasteiger charge is 2.13. The van der Waals surface area contributed by atoms with Gasteiger partial charge < -0.3 is 15.0 Å². The molecule has 4 rings (SSSR count). The zero-order chi connectivity index (χ0) is 24.8. The van der Waals surface area contributed by atoms with Crippen molar-refractivity contribution in [1.29, 1.82) is 0 Å². The number of rotatable bonds is 9. The van der Waals surface area contributed by atoms with Gasteiger partial charge in [-0.2, -0.15) is 0 Å². The lowest BCUT2D eigenvalue weighted by molar-refractivity contribution is -0.132. The van der Waals surface area contributed by atoms with E-state index in [4.69, 9.17) is 4.74 Å². The second-order valence-corrected chi connectivity index (χ2v) is 8.54. The first kappa shape index (κ1) is 24.2. The van der Waals surface area contributed by atoms with Gasteiger partial charge in [0.25, 0.3) is 5.91 Å². The number of ether oxygens (including phenoxy) is 1. The molecular weight excluding hydrogens is 436 g/mol. The summed E-state index contributed by atoms with van der Waals surface area (Å²) in [6.07, 6.45) is 0. The number of aromatic nitrogens is 2. The van der Waals surface area contributed by atoms with Gasteiger partial charge in [-0.05, 0) is 62.2 Å². The maximum absolute atomic E-state index is 12.3. The average molecular weight is 469 g/mol. The van der Waals surface area contributed by atoms with Crippen LogP contribution in [0.4, 0.5) is 5.82 Å². The third-order valence-corrected chi connectivity index (χ3v) is 6.08. The van der Waals surface area contributed by atoms with Gasteiger partial charge in [-0.3, -0.25) is 4.79 Å². The van der Waals surface area contributed by atoms with Crippen molar-refractivity contribution >= 4 is 22.5 Å². The highest BCUT2D eigenvalue weighted by molar-refractivity contribution is 5.87. The van der Waals surface area contributed by atoms with Gasteiger partial charge in [0.15, 0.2) is 6.61 Å². The molecule has 4 aromatic rings. The van der Waals surface area contributed by atoms with Crippen LogP contribution < -0.4 is 10.1 Å². The molecule has 1 N–H and O–H groups in total. The number of hydrogen-bond acceptors (Lipinski definition) is 5. The number of carbonyl (C=O) groups is 1. The molecule has 0 saturated heterocycles. The van der Waals surface area contributed by atoms with E-state index >= 15 is 0 Å². The minimum atomic E-state index is -0.0178. The molecule has 0 saturated carbocycles. The van der Waals surface area contributed by atoms with E-state index in [1.54, 1.807) is 4.90 Å². The standard InChI is InChI=1S/C29H32N4O2/c1-5-33(6-2)29(34)19-35-26-13-9-12-23(17-26)20(3)30-28-18-27(31-21(4)32-28)25-15-14-22-10-7-8-11-24(22)16-25/h7-18,20H,5-6,19H2,1-4H3,(H,30,31,32). The van der Waals surface area contributed by atoms with Crippen LogP contribution >= 0.6 is 0 Å². The number of nitrogens with one attached hydrogen (secondary N) is 1. The van der Waals surface area contributed by atoms with Gasteiger partial charge in [0.05, 0.1) is 11.7 Å². The summed E-state index contributed by atoms with van der Waals surface area (Å²) in [6, 6.07) is 24.5. The Morgan fingerprint density at radius 3 is 2.49 bits per heavy atom. The summed E-state index contributed by atoms with van der Waals surface area (Å²) in [4.78, 5) is 23.3. The van der Waals surface area contributed by atoms with Crippen LogP contribution in [0.3, 0.4) is 0 Å². The van der Waals surface area contributed by atoms with Crippen LogP contribution in [0.1, 0.15) is 38.2 Å². The van der Waals surface area contributed by atoms with E-state index in [1.807, 2.05) is 63.2 Å². The average Bonchev–Trinajstić information content (AvgIpc) is 2.87. The van der Waals surface area contributed by atoms with Crippen molar-refractivity contribution < 1.29 is 9.53 Å². The molecule has 1 amide bonds. The van der Waals surface area contributed by atoms with Crippen molar-refractivity contribution in [3.05, 3.63) is 84.2 Å². The fourth-order valence-corrected chi connectivity index (χ4v) is 4.13. The van der Waals surface area contributed by atoms with Gasteiger partial charge in [0.1, 0.15) is 17.4 Å². The quantitative estimate of drug-likeness (QED) is 0.325. The minimum absolute atomic E-state index is 0.00995. The van der Waals surface area contributed by atoms with Gasteiger partial charge in [-0.25, -0.2) is 9.97 Å². The summed E-state index contributed by atoms with van der Waals surface area (Å²) >= 11 is 0. The second kappa shape index (κ2) is 11.0. The Hall–Kier alpha value is -3.93. The van der Waals surface area contributed by atoms with Gasteiger partial charge in [0.2, 0.25) is 0 Å². The second-order valence-electron chi connectivity index (χ2n) is 8.54. The fourth-order valence-electron chi connectivity index (χ4n) is 4.13. The zero-order valence-electron chi connectivity index (χ0n) is 20.8. The summed E-state index contributed by atoms with van der Waals surface area (Å²) in [7, 11) is 0. The predicted molar refractivity (Wildman–Crippen MR) is 142 cm³/mol. The van der Waals surface area contributed by atoms with Gasteiger partial charge in [-0.15, -0.1) is 0 Å². The number of likely N-dealkylation sites (N-methyl/N-ethyl adjacent to an activating group) is 1. The van der Waals surface area contributed by atoms with E-state index in [-0.39, 0.29) is 18.6 Å². The number of carbonyl (C=O) groups excluding carboxylic acids is 1. The smallest absolute Gasteiger partial charge is 0.260 e. The van der Waals surface area contributed by atoms with Crippen LogP contribution in [0.25, 0.3) is 22.0 Å². The van der Waals surface area contributed by atoms with Crippen molar-refractivity contribution in [1.82, 2.24) is 14.9 Å². The van der Waals surface area contributed by atoms with Crippen molar-refractivity contribution in [2.75, 3.05) is 25.0 Å². The van der Waals surface area contributed by atoms with Gasteiger partial charge >= 0.3 is 0 Å². The molecule has 6 heteroatoms. The Kier molecular flexibility index (Phi) is 7.60. The van der Waals surface area contributed by atoms with Crippen LogP contribution in [0, 0.1) is 6.92 Å². The van der Waals surface area contributed by atoms with Crippen LogP contribution in [0.15, 0.2) is 72.8 Å². The first-order valence-corrected chi connectivity index (χ1v) is 12.1. The number of nitrogens with zero attached hydrogens (tertiary/aromatic N) is 3. The largest absolute Gasteiger partial charge is 0.484 e. The molecule has 0 aliphatic carbocycles. The molecule has 0 fully saturated rings. The third-order valence-electron chi connectivity index (χ3n) is 6.08. The molecule has 35 heavy (non-hydrogen) atoms. The molecular formula is C29H32N4O2. The maximum Gasteiger partial charge on any atom is 0.260 e. The van der Waals surface area contributed by atoms with E-state index in [9.17, 15) is 4.79 Å². The Balaban J connectivity index is 1.49. The predicted octanol–water partition coefficient (Wildman–Crippen LogP) is 6.03. The molecule has 3 aromatic carbocycles. The Labute approximate surface area is 207 Å². The van der Waals surface area contributed by atoms with Crippen molar-refractivity contribution in [3.8, 4) is 17.0 Å². The first-order valence-electron chi connectivity index (χ1n) is 12.1. The lowest BCUT2D eigenvalue weighted by Gasteiger charge is -2.19. The number of fused-ring (bicyclic) bond motifs is 1. The molecule has 0 aliphatic heterocycles. The molecule has 1 aromatic heterocycles. The highest BCUT2D eigenvalue weighted by Crippen LogP contribution is 2.27. The summed E-state index contributed by atoms with van der Waals surface area (Å²) in [5, 5.41) is 5.88. The summed E-state index contributed by atoms with van der Waals surface area (Å²) in [6.45, 7) is 9.31. The SMILES string of the molecule is CCN(CC)C(=O)COc1cccc(C(C)Nc2cc(-c3ccc4ccccc4c3)nc(C)n2)c1. The molecule has 1 heterocycles. The third kappa shape index (κ3) is 5.96. The number of amides is 1. The minimum Gasteiger partial charge on any atom is -0.484 e. The Morgan fingerprint density at radius 1 is 0.943 bits per heavy atom. The Morgan fingerprint density at radius 2 is 1.71 bits per heavy atom. The van der Waals surface area contributed by atoms with Crippen molar-refractivity contribution in [2.24, 2.45) is 0 Å². The Bertz CT molecular complexity index is 1320. The highest BCUT2D eigenvalue weighted by atomic mass is 16.5. The van der Waals surface area contributed by atoms with E-state index < -0.39 is 0 Å². The number of benzene rings is 3. The summed E-state index contributed by atoms with van der Waals surface area (Å²) in [5.74, 6) is 2.13. The van der Waals surface area contributed by atoms with E-state index in [2.05, 4.69) is 52.5 Å². The molecule has 180 valence electrons. The molecule has 0 spiro atoms. The van der Waals surface area contributed by atoms with Crippen LogP contribution in [0.5, 0.6) is 5.75 Å². The topological polar surface area (TPSA) is 67.3 Å². The van der Waals surface area contributed by atoms with Crippen molar-refractivity contribution in [3.63, 3.8) is 0 Å².